The summed E-state index contributed by atoms with van der Waals surface area (Å²) in [5, 5.41) is 7.35. The summed E-state index contributed by atoms with van der Waals surface area (Å²) in [4.78, 5) is 4.40. The smallest absolute Gasteiger partial charge is 0.331 e. The number of hydrogen-bond acceptors (Lipinski definition) is 3. The van der Waals surface area contributed by atoms with E-state index in [0.29, 0.717) is 5.69 Å². The zero-order valence-corrected chi connectivity index (χ0v) is 14.1. The summed E-state index contributed by atoms with van der Waals surface area (Å²) < 4.78 is 38.9. The van der Waals surface area contributed by atoms with E-state index in [0.717, 1.165) is 17.0 Å². The van der Waals surface area contributed by atoms with Crippen molar-refractivity contribution >= 4 is 40.1 Å². The van der Waals surface area contributed by atoms with Gasteiger partial charge in [0.15, 0.2) is 5.11 Å². The molecule has 0 bridgehead atoms. The monoisotopic (exact) mass is 374 g/mol. The standard InChI is InChI=1S/C18H13F3N4S/c19-18(20,21)14-6-2-4-8-16(14)24-17(26)25-22-11-13-10-9-12-5-1-3-7-15(12)23-13/h1-11H,(H2,24,25,26)/b22-11+. The van der Waals surface area contributed by atoms with Gasteiger partial charge in [0.1, 0.15) is 0 Å². The van der Waals surface area contributed by atoms with E-state index < -0.39 is 11.7 Å². The Morgan fingerprint density at radius 2 is 1.73 bits per heavy atom. The van der Waals surface area contributed by atoms with Gasteiger partial charge in [0, 0.05) is 5.39 Å². The molecule has 0 saturated heterocycles. The number of para-hydroxylation sites is 2. The van der Waals surface area contributed by atoms with E-state index in [4.69, 9.17) is 12.2 Å². The lowest BCUT2D eigenvalue weighted by Gasteiger charge is -2.14. The Bertz CT molecular complexity index is 970. The van der Waals surface area contributed by atoms with Crippen molar-refractivity contribution in [3.05, 3.63) is 71.9 Å². The number of thiocarbonyl (C=S) groups is 1. The second-order valence-electron chi connectivity index (χ2n) is 5.30. The van der Waals surface area contributed by atoms with Crippen LogP contribution in [0.1, 0.15) is 11.3 Å². The zero-order valence-electron chi connectivity index (χ0n) is 13.3. The van der Waals surface area contributed by atoms with Crippen molar-refractivity contribution in [3.63, 3.8) is 0 Å². The maximum Gasteiger partial charge on any atom is 0.418 e. The van der Waals surface area contributed by atoms with Crippen LogP contribution in [0.5, 0.6) is 0 Å². The minimum Gasteiger partial charge on any atom is -0.331 e. The summed E-state index contributed by atoms with van der Waals surface area (Å²) in [5.74, 6) is 0. The van der Waals surface area contributed by atoms with E-state index in [1.54, 1.807) is 6.07 Å². The topological polar surface area (TPSA) is 49.3 Å². The van der Waals surface area contributed by atoms with Crippen LogP contribution in [0.15, 0.2) is 65.8 Å². The molecule has 0 radical (unpaired) electrons. The SMILES string of the molecule is FC(F)(F)c1ccccc1NC(=S)N/N=C/c1ccc2ccccc2n1. The Morgan fingerprint density at radius 1 is 1.00 bits per heavy atom. The van der Waals surface area contributed by atoms with Gasteiger partial charge in [-0.1, -0.05) is 36.4 Å². The largest absolute Gasteiger partial charge is 0.418 e. The molecule has 0 fully saturated rings. The summed E-state index contributed by atoms with van der Waals surface area (Å²) in [5.41, 5.74) is 2.95. The van der Waals surface area contributed by atoms with Crippen molar-refractivity contribution in [2.75, 3.05) is 5.32 Å². The van der Waals surface area contributed by atoms with Gasteiger partial charge in [-0.05, 0) is 36.5 Å². The van der Waals surface area contributed by atoms with E-state index in [-0.39, 0.29) is 10.8 Å². The number of aromatic nitrogens is 1. The molecule has 1 aromatic heterocycles. The number of pyridine rings is 1. The van der Waals surface area contributed by atoms with Crippen LogP contribution >= 0.6 is 12.2 Å². The molecule has 1 heterocycles. The number of benzene rings is 2. The first-order valence-electron chi connectivity index (χ1n) is 7.55. The van der Waals surface area contributed by atoms with Crippen LogP contribution in [0, 0.1) is 0 Å². The lowest BCUT2D eigenvalue weighted by molar-refractivity contribution is -0.136. The summed E-state index contributed by atoms with van der Waals surface area (Å²) in [7, 11) is 0. The van der Waals surface area contributed by atoms with Crippen molar-refractivity contribution in [1.29, 1.82) is 0 Å². The first-order chi connectivity index (χ1) is 12.4. The molecule has 3 aromatic rings. The van der Waals surface area contributed by atoms with Crippen molar-refractivity contribution in [2.24, 2.45) is 5.10 Å². The molecule has 0 aliphatic heterocycles. The minimum atomic E-state index is -4.47. The van der Waals surface area contributed by atoms with Crippen LogP contribution < -0.4 is 10.7 Å². The Kier molecular flexibility index (Phi) is 5.13. The van der Waals surface area contributed by atoms with E-state index in [9.17, 15) is 13.2 Å². The fraction of sp³-hybridized carbons (Fsp3) is 0.0556. The van der Waals surface area contributed by atoms with Crippen molar-refractivity contribution in [2.45, 2.75) is 6.18 Å². The highest BCUT2D eigenvalue weighted by Crippen LogP contribution is 2.34. The Hall–Kier alpha value is -3.00. The van der Waals surface area contributed by atoms with Gasteiger partial charge in [-0.2, -0.15) is 18.3 Å². The maximum absolute atomic E-state index is 13.0. The third-order valence-electron chi connectivity index (χ3n) is 3.46. The second-order valence-corrected chi connectivity index (χ2v) is 5.70. The van der Waals surface area contributed by atoms with Crippen molar-refractivity contribution in [1.82, 2.24) is 10.4 Å². The number of rotatable bonds is 3. The average molecular weight is 374 g/mol. The fourth-order valence-electron chi connectivity index (χ4n) is 2.30. The van der Waals surface area contributed by atoms with Gasteiger partial charge < -0.3 is 5.32 Å². The average Bonchev–Trinajstić information content (AvgIpc) is 2.61. The molecule has 0 aliphatic carbocycles. The van der Waals surface area contributed by atoms with E-state index in [1.807, 2.05) is 30.3 Å². The molecular formula is C18H13F3N4S. The van der Waals surface area contributed by atoms with Crippen molar-refractivity contribution < 1.29 is 13.2 Å². The summed E-state index contributed by atoms with van der Waals surface area (Å²) in [6.45, 7) is 0. The number of nitrogens with zero attached hydrogens (tertiary/aromatic N) is 2. The third kappa shape index (κ3) is 4.34. The predicted molar refractivity (Wildman–Crippen MR) is 100 cm³/mol. The van der Waals surface area contributed by atoms with Crippen LogP contribution in [-0.4, -0.2) is 16.3 Å². The van der Waals surface area contributed by atoms with E-state index in [2.05, 4.69) is 20.8 Å². The molecule has 132 valence electrons. The van der Waals surface area contributed by atoms with Crippen LogP contribution in [0.4, 0.5) is 18.9 Å². The molecular weight excluding hydrogens is 361 g/mol. The van der Waals surface area contributed by atoms with E-state index >= 15 is 0 Å². The van der Waals surface area contributed by atoms with Gasteiger partial charge in [0.25, 0.3) is 0 Å². The molecule has 0 spiro atoms. The maximum atomic E-state index is 13.0. The molecule has 8 heteroatoms. The van der Waals surface area contributed by atoms with Gasteiger partial charge in [-0.15, -0.1) is 0 Å². The molecule has 0 atom stereocenters. The Labute approximate surface area is 152 Å². The normalized spacial score (nSPS) is 11.7. The molecule has 2 N–H and O–H groups in total. The number of anilines is 1. The van der Waals surface area contributed by atoms with Gasteiger partial charge >= 0.3 is 6.18 Å². The molecule has 0 amide bonds. The van der Waals surface area contributed by atoms with Gasteiger partial charge in [-0.25, -0.2) is 4.98 Å². The first kappa shape index (κ1) is 17.8. The highest BCUT2D eigenvalue weighted by atomic mass is 32.1. The summed E-state index contributed by atoms with van der Waals surface area (Å²) in [6, 6.07) is 16.4. The quantitative estimate of drug-likeness (QED) is 0.400. The minimum absolute atomic E-state index is 0.0567. The number of alkyl halides is 3. The van der Waals surface area contributed by atoms with Crippen LogP contribution in [0.2, 0.25) is 0 Å². The molecule has 4 nitrogen and oxygen atoms in total. The molecule has 0 unspecified atom stereocenters. The third-order valence-corrected chi connectivity index (χ3v) is 3.66. The molecule has 3 rings (SSSR count). The fourth-order valence-corrected chi connectivity index (χ4v) is 2.46. The first-order valence-corrected chi connectivity index (χ1v) is 7.96. The lowest BCUT2D eigenvalue weighted by atomic mass is 10.2. The Balaban J connectivity index is 1.66. The molecule has 0 saturated carbocycles. The van der Waals surface area contributed by atoms with Gasteiger partial charge in [0.2, 0.25) is 0 Å². The van der Waals surface area contributed by atoms with Crippen LogP contribution in [-0.2, 0) is 6.18 Å². The molecule has 0 aliphatic rings. The zero-order chi connectivity index (χ0) is 18.6. The van der Waals surface area contributed by atoms with Gasteiger partial charge in [0.05, 0.1) is 28.7 Å². The van der Waals surface area contributed by atoms with E-state index in [1.165, 1.54) is 24.4 Å². The van der Waals surface area contributed by atoms with Gasteiger partial charge in [-0.3, -0.25) is 5.43 Å². The van der Waals surface area contributed by atoms with Crippen LogP contribution in [0.25, 0.3) is 10.9 Å². The number of hydrogen-bond donors (Lipinski definition) is 2. The highest BCUT2D eigenvalue weighted by molar-refractivity contribution is 7.80. The molecule has 26 heavy (non-hydrogen) atoms. The molecule has 2 aromatic carbocycles. The number of hydrazone groups is 1. The highest BCUT2D eigenvalue weighted by Gasteiger charge is 2.33. The predicted octanol–water partition coefficient (Wildman–Crippen LogP) is 4.57. The number of nitrogens with one attached hydrogen (secondary N) is 2. The summed E-state index contributed by atoms with van der Waals surface area (Å²) in [6.07, 6.45) is -3.03. The Morgan fingerprint density at radius 3 is 2.54 bits per heavy atom. The lowest BCUT2D eigenvalue weighted by Crippen LogP contribution is -2.25. The summed E-state index contributed by atoms with van der Waals surface area (Å²) >= 11 is 4.99. The van der Waals surface area contributed by atoms with Crippen LogP contribution in [0.3, 0.4) is 0 Å². The number of fused-ring (bicyclic) bond motifs is 1. The number of halogens is 3. The van der Waals surface area contributed by atoms with Crippen molar-refractivity contribution in [3.8, 4) is 0 Å². The second kappa shape index (κ2) is 7.49.